The minimum absolute atomic E-state index is 0.0851. The molecule has 2 atom stereocenters. The number of alkyl halides is 2. The number of halogens is 4. The normalized spacial score (nSPS) is 19.8. The summed E-state index contributed by atoms with van der Waals surface area (Å²) in [6.07, 6.45) is 3.04. The van der Waals surface area contributed by atoms with Gasteiger partial charge < -0.3 is 10.0 Å². The second kappa shape index (κ2) is 10.8. The Bertz CT molecular complexity index is 1490. The Balaban J connectivity index is 1.66. The van der Waals surface area contributed by atoms with E-state index < -0.39 is 34.5 Å². The van der Waals surface area contributed by atoms with Gasteiger partial charge in [-0.3, -0.25) is 4.99 Å². The van der Waals surface area contributed by atoms with Crippen LogP contribution >= 0.6 is 22.9 Å². The van der Waals surface area contributed by atoms with E-state index >= 15 is 0 Å². The summed E-state index contributed by atoms with van der Waals surface area (Å²) in [5, 5.41) is 15.5. The van der Waals surface area contributed by atoms with Gasteiger partial charge in [-0.25, -0.2) is 27.2 Å². The molecule has 2 aliphatic heterocycles. The number of nitrogens with zero attached hydrogens (tertiary/aromatic N) is 5. The number of fused-ring (bicyclic) bond motifs is 1. The Kier molecular flexibility index (Phi) is 7.60. The average Bonchev–Trinajstić information content (AvgIpc) is 3.62. The summed E-state index contributed by atoms with van der Waals surface area (Å²) in [7, 11) is -3.70. The molecule has 2 aliphatic rings. The average molecular weight is 587 g/mol. The fourth-order valence-corrected chi connectivity index (χ4v) is 6.80. The zero-order valence-corrected chi connectivity index (χ0v) is 22.0. The Morgan fingerprint density at radius 2 is 2.11 bits per heavy atom. The van der Waals surface area contributed by atoms with Gasteiger partial charge in [0.15, 0.2) is 10.8 Å². The first-order valence-electron chi connectivity index (χ1n) is 11.5. The molecule has 0 radical (unpaired) electrons. The zero-order valence-electron chi connectivity index (χ0n) is 19.6. The van der Waals surface area contributed by atoms with Crippen LogP contribution in [0.15, 0.2) is 52.7 Å². The first-order chi connectivity index (χ1) is 18.2. The van der Waals surface area contributed by atoms with Gasteiger partial charge in [-0.05, 0) is 24.6 Å². The second-order valence-electron chi connectivity index (χ2n) is 8.70. The quantitative estimate of drug-likeness (QED) is 0.394. The van der Waals surface area contributed by atoms with Crippen LogP contribution in [-0.4, -0.2) is 64.0 Å². The van der Waals surface area contributed by atoms with Crippen LogP contribution in [0.4, 0.5) is 13.2 Å². The van der Waals surface area contributed by atoms with Gasteiger partial charge in [-0.2, -0.15) is 13.9 Å². The van der Waals surface area contributed by atoms with E-state index in [0.717, 1.165) is 12.3 Å². The van der Waals surface area contributed by atoms with Crippen LogP contribution in [0.2, 0.25) is 5.02 Å². The molecule has 202 valence electrons. The third kappa shape index (κ3) is 5.36. The summed E-state index contributed by atoms with van der Waals surface area (Å²) in [4.78, 5) is 11.1. The minimum Gasteiger partial charge on any atom is -0.396 e. The van der Waals surface area contributed by atoms with Gasteiger partial charge in [0, 0.05) is 65.2 Å². The number of amidine groups is 1. The van der Waals surface area contributed by atoms with Crippen molar-refractivity contribution in [2.45, 2.75) is 31.5 Å². The molecule has 4 heterocycles. The Hall–Kier alpha value is -2.78. The molecule has 1 fully saturated rings. The number of nitrogens with one attached hydrogen (secondary N) is 1. The highest BCUT2D eigenvalue weighted by molar-refractivity contribution is 7.89. The van der Waals surface area contributed by atoms with Crippen molar-refractivity contribution in [3.05, 3.63) is 74.8 Å². The lowest BCUT2D eigenvalue weighted by Crippen LogP contribution is -2.40. The number of aliphatic imine (C=N–C) groups is 1. The van der Waals surface area contributed by atoms with E-state index in [1.807, 2.05) is 4.90 Å². The van der Waals surface area contributed by atoms with Gasteiger partial charge in [0.25, 0.3) is 0 Å². The Labute approximate surface area is 225 Å². The molecule has 0 aliphatic carbocycles. The third-order valence-corrected chi connectivity index (χ3v) is 8.76. The summed E-state index contributed by atoms with van der Waals surface area (Å²) in [5.74, 6) is -0.337. The summed E-state index contributed by atoms with van der Waals surface area (Å²) < 4.78 is 69.2. The Morgan fingerprint density at radius 1 is 1.29 bits per heavy atom. The number of aliphatic hydroxyl groups excluding tert-OH is 1. The number of aromatic nitrogens is 3. The number of sulfonamides is 1. The van der Waals surface area contributed by atoms with Crippen LogP contribution < -0.4 is 4.72 Å². The predicted molar refractivity (Wildman–Crippen MR) is 137 cm³/mol. The molecule has 1 aromatic carbocycles. The molecule has 5 rings (SSSR count). The molecular weight excluding hydrogens is 565 g/mol. The first kappa shape index (κ1) is 26.8. The van der Waals surface area contributed by atoms with E-state index in [1.54, 1.807) is 11.6 Å². The van der Waals surface area contributed by atoms with Gasteiger partial charge in [0.1, 0.15) is 11.9 Å². The molecule has 3 aromatic rings. The van der Waals surface area contributed by atoms with E-state index in [-0.39, 0.29) is 42.5 Å². The number of benzene rings is 1. The van der Waals surface area contributed by atoms with Gasteiger partial charge in [-0.1, -0.05) is 17.7 Å². The maximum Gasteiger partial charge on any atom is 0.333 e. The van der Waals surface area contributed by atoms with E-state index in [9.17, 15) is 21.6 Å². The predicted octanol–water partition coefficient (Wildman–Crippen LogP) is 3.82. The molecule has 2 aromatic heterocycles. The number of hydrogen-bond acceptors (Lipinski definition) is 8. The molecular formula is C23H22ClF3N6O3S2. The van der Waals surface area contributed by atoms with Crippen molar-refractivity contribution in [3.8, 4) is 0 Å². The van der Waals surface area contributed by atoms with Crippen molar-refractivity contribution < 1.29 is 26.7 Å². The standard InChI is InChI=1S/C23H22ClF3N6O3S2/c24-16-10-13(25)2-3-15(16)20-19(17-4-6-33(30-17)23(26)27)18-11-14(31-38(35,36)9-1-7-34)12-32(18)21(29-20)22-28-5-8-37-22/h2-6,8,10,14,20,23,31,34H,1,7,9,11-12H2/t14-,20-/m0/s1. The first-order valence-corrected chi connectivity index (χ1v) is 14.5. The van der Waals surface area contributed by atoms with Crippen LogP contribution in [0.25, 0.3) is 5.57 Å². The van der Waals surface area contributed by atoms with Crippen molar-refractivity contribution >= 4 is 44.4 Å². The molecule has 0 unspecified atom stereocenters. The molecule has 38 heavy (non-hydrogen) atoms. The monoisotopic (exact) mass is 586 g/mol. The largest absolute Gasteiger partial charge is 0.396 e. The lowest BCUT2D eigenvalue weighted by atomic mass is 9.92. The maximum absolute atomic E-state index is 13.9. The molecule has 9 nitrogen and oxygen atoms in total. The van der Waals surface area contributed by atoms with Crippen LogP contribution in [0.5, 0.6) is 0 Å². The molecule has 2 N–H and O–H groups in total. The fraction of sp³-hybridized carbons (Fsp3) is 0.348. The molecule has 1 saturated heterocycles. The van der Waals surface area contributed by atoms with Crippen molar-refractivity contribution in [1.29, 1.82) is 0 Å². The summed E-state index contributed by atoms with van der Waals surface area (Å²) in [6.45, 7) is -2.93. The third-order valence-electron chi connectivity index (χ3n) is 6.14. The highest BCUT2D eigenvalue weighted by atomic mass is 35.5. The molecule has 0 spiro atoms. The fourth-order valence-electron chi connectivity index (χ4n) is 4.60. The summed E-state index contributed by atoms with van der Waals surface area (Å²) in [6, 6.07) is 3.87. The van der Waals surface area contributed by atoms with Crippen molar-refractivity contribution in [3.63, 3.8) is 0 Å². The topological polar surface area (TPSA) is 113 Å². The molecule has 0 saturated carbocycles. The lowest BCUT2D eigenvalue weighted by molar-refractivity contribution is 0.0564. The van der Waals surface area contributed by atoms with Crippen molar-refractivity contribution in [2.24, 2.45) is 4.99 Å². The second-order valence-corrected chi connectivity index (χ2v) is 11.9. The maximum atomic E-state index is 13.9. The Morgan fingerprint density at radius 3 is 2.76 bits per heavy atom. The lowest BCUT2D eigenvalue weighted by Gasteiger charge is -2.32. The van der Waals surface area contributed by atoms with Gasteiger partial charge in [0.2, 0.25) is 10.0 Å². The van der Waals surface area contributed by atoms with Gasteiger partial charge >= 0.3 is 6.55 Å². The number of thiazole rings is 1. The van der Waals surface area contributed by atoms with Crippen LogP contribution in [0.3, 0.4) is 0 Å². The van der Waals surface area contributed by atoms with Crippen LogP contribution in [0, 0.1) is 5.82 Å². The smallest absolute Gasteiger partial charge is 0.333 e. The van der Waals surface area contributed by atoms with Crippen molar-refractivity contribution in [1.82, 2.24) is 24.4 Å². The molecule has 0 bridgehead atoms. The van der Waals surface area contributed by atoms with E-state index in [4.69, 9.17) is 21.7 Å². The highest BCUT2D eigenvalue weighted by Gasteiger charge is 2.41. The van der Waals surface area contributed by atoms with E-state index in [2.05, 4.69) is 14.8 Å². The van der Waals surface area contributed by atoms with E-state index in [0.29, 0.717) is 32.4 Å². The number of aliphatic hydroxyl groups is 1. The number of rotatable bonds is 9. The van der Waals surface area contributed by atoms with Gasteiger partial charge in [-0.15, -0.1) is 11.3 Å². The van der Waals surface area contributed by atoms with Crippen molar-refractivity contribution in [2.75, 3.05) is 18.9 Å². The molecule has 15 heteroatoms. The highest BCUT2D eigenvalue weighted by Crippen LogP contribution is 2.46. The summed E-state index contributed by atoms with van der Waals surface area (Å²) >= 11 is 7.76. The van der Waals surface area contributed by atoms with Gasteiger partial charge in [0.05, 0.1) is 11.4 Å². The molecule has 0 amide bonds. The van der Waals surface area contributed by atoms with E-state index in [1.165, 1.54) is 29.5 Å². The number of hydrogen-bond donors (Lipinski definition) is 2. The minimum atomic E-state index is -3.70. The zero-order chi connectivity index (χ0) is 27.0. The van der Waals surface area contributed by atoms with Crippen LogP contribution in [-0.2, 0) is 10.0 Å². The SMILES string of the molecule is O=S(=O)(CCCO)N[C@H]1CC2=C(c3ccn(C(F)F)n3)[C@H](c3ccc(F)cc3Cl)N=C(c3nccs3)N2C1. The summed E-state index contributed by atoms with van der Waals surface area (Å²) in [5.41, 5.74) is 1.71. The van der Waals surface area contributed by atoms with Crippen LogP contribution in [0.1, 0.15) is 41.7 Å².